The maximum Gasteiger partial charge on any atom is 0.241 e. The van der Waals surface area contributed by atoms with Gasteiger partial charge in [0.25, 0.3) is 0 Å². The topological polar surface area (TPSA) is 67.4 Å². The first-order valence-electron chi connectivity index (χ1n) is 6.89. The Bertz CT molecular complexity index is 720. The SMILES string of the molecule is CCOc1ccc(S(=O)(=O)NCCNC)c2ccccc12.Cl. The van der Waals surface area contributed by atoms with E-state index in [0.29, 0.717) is 30.8 Å². The van der Waals surface area contributed by atoms with Crippen molar-refractivity contribution < 1.29 is 13.2 Å². The van der Waals surface area contributed by atoms with Gasteiger partial charge in [-0.25, -0.2) is 13.1 Å². The summed E-state index contributed by atoms with van der Waals surface area (Å²) in [6.07, 6.45) is 0. The molecule has 7 heteroatoms. The van der Waals surface area contributed by atoms with Crippen molar-refractivity contribution in [1.29, 1.82) is 0 Å². The van der Waals surface area contributed by atoms with E-state index in [9.17, 15) is 8.42 Å². The molecule has 2 aromatic carbocycles. The minimum atomic E-state index is -3.54. The molecule has 0 unspecified atom stereocenters. The van der Waals surface area contributed by atoms with Crippen LogP contribution in [0.4, 0.5) is 0 Å². The first-order chi connectivity index (χ1) is 10.1. The van der Waals surface area contributed by atoms with Crippen LogP contribution >= 0.6 is 12.4 Å². The van der Waals surface area contributed by atoms with Crippen LogP contribution in [0.1, 0.15) is 6.92 Å². The number of likely N-dealkylation sites (N-methyl/N-ethyl adjacent to an activating group) is 1. The van der Waals surface area contributed by atoms with Crippen LogP contribution in [0.3, 0.4) is 0 Å². The quantitative estimate of drug-likeness (QED) is 0.755. The molecule has 122 valence electrons. The van der Waals surface area contributed by atoms with Gasteiger partial charge in [0.1, 0.15) is 5.75 Å². The van der Waals surface area contributed by atoms with E-state index < -0.39 is 10.0 Å². The molecule has 0 atom stereocenters. The van der Waals surface area contributed by atoms with Crippen LogP contribution in [0.2, 0.25) is 0 Å². The van der Waals surface area contributed by atoms with Crippen LogP contribution < -0.4 is 14.8 Å². The van der Waals surface area contributed by atoms with Gasteiger partial charge in [0, 0.05) is 23.9 Å². The molecular formula is C15H21ClN2O3S. The maximum atomic E-state index is 12.4. The average Bonchev–Trinajstić information content (AvgIpc) is 2.48. The zero-order chi connectivity index (χ0) is 15.3. The molecule has 2 N–H and O–H groups in total. The molecule has 0 bridgehead atoms. The molecule has 0 spiro atoms. The standard InChI is InChI=1S/C15H20N2O3S.ClH/c1-3-20-14-8-9-15(13-7-5-4-6-12(13)14)21(18,19)17-11-10-16-2;/h4-9,16-17H,3,10-11H2,1-2H3;1H. The largest absolute Gasteiger partial charge is 0.493 e. The Morgan fingerprint density at radius 1 is 1.05 bits per heavy atom. The van der Waals surface area contributed by atoms with Gasteiger partial charge in [-0.3, -0.25) is 0 Å². The molecule has 0 fully saturated rings. The van der Waals surface area contributed by atoms with Crippen LogP contribution in [-0.2, 0) is 10.0 Å². The normalized spacial score (nSPS) is 11.2. The van der Waals surface area contributed by atoms with Gasteiger partial charge in [0.15, 0.2) is 0 Å². The fraction of sp³-hybridized carbons (Fsp3) is 0.333. The van der Waals surface area contributed by atoms with E-state index in [1.807, 2.05) is 25.1 Å². The van der Waals surface area contributed by atoms with Crippen LogP contribution in [0.5, 0.6) is 5.75 Å². The Balaban J connectivity index is 0.00000242. The second-order valence-electron chi connectivity index (χ2n) is 4.54. The number of benzene rings is 2. The monoisotopic (exact) mass is 344 g/mol. The summed E-state index contributed by atoms with van der Waals surface area (Å²) in [5.74, 6) is 0.697. The smallest absolute Gasteiger partial charge is 0.241 e. The molecule has 0 saturated heterocycles. The van der Waals surface area contributed by atoms with Crippen molar-refractivity contribution in [2.75, 3.05) is 26.7 Å². The van der Waals surface area contributed by atoms with Crippen LogP contribution in [0.15, 0.2) is 41.3 Å². The second-order valence-corrected chi connectivity index (χ2v) is 6.28. The summed E-state index contributed by atoms with van der Waals surface area (Å²) in [5, 5.41) is 4.38. The summed E-state index contributed by atoms with van der Waals surface area (Å²) in [7, 11) is -1.76. The summed E-state index contributed by atoms with van der Waals surface area (Å²) in [5.41, 5.74) is 0. The third kappa shape index (κ3) is 4.10. The molecule has 0 saturated carbocycles. The molecule has 5 nitrogen and oxygen atoms in total. The van der Waals surface area contributed by atoms with E-state index in [-0.39, 0.29) is 17.3 Å². The number of fused-ring (bicyclic) bond motifs is 1. The van der Waals surface area contributed by atoms with Gasteiger partial charge in [0.2, 0.25) is 10.0 Å². The Kier molecular flexibility index (Phi) is 7.09. The predicted molar refractivity (Wildman–Crippen MR) is 91.5 cm³/mol. The summed E-state index contributed by atoms with van der Waals surface area (Å²) in [6.45, 7) is 3.36. The van der Waals surface area contributed by atoms with Gasteiger partial charge >= 0.3 is 0 Å². The lowest BCUT2D eigenvalue weighted by molar-refractivity contribution is 0.344. The van der Waals surface area contributed by atoms with E-state index in [0.717, 1.165) is 5.39 Å². The first-order valence-corrected chi connectivity index (χ1v) is 8.37. The summed E-state index contributed by atoms with van der Waals surface area (Å²) in [6, 6.07) is 10.7. The van der Waals surface area contributed by atoms with Crippen molar-refractivity contribution in [2.24, 2.45) is 0 Å². The highest BCUT2D eigenvalue weighted by Crippen LogP contribution is 2.30. The Morgan fingerprint density at radius 2 is 1.73 bits per heavy atom. The van der Waals surface area contributed by atoms with Crippen LogP contribution in [0.25, 0.3) is 10.8 Å². The fourth-order valence-corrected chi connectivity index (χ4v) is 3.39. The second kappa shape index (κ2) is 8.33. The third-order valence-corrected chi connectivity index (χ3v) is 4.62. The Labute approximate surface area is 137 Å². The van der Waals surface area contributed by atoms with E-state index in [2.05, 4.69) is 10.0 Å². The Hall–Kier alpha value is -1.34. The van der Waals surface area contributed by atoms with Gasteiger partial charge < -0.3 is 10.1 Å². The summed E-state index contributed by atoms with van der Waals surface area (Å²) in [4.78, 5) is 0.276. The van der Waals surface area contributed by atoms with Crippen LogP contribution in [-0.4, -0.2) is 35.2 Å². The highest BCUT2D eigenvalue weighted by atomic mass is 35.5. The van der Waals surface area contributed by atoms with Gasteiger partial charge in [-0.1, -0.05) is 24.3 Å². The van der Waals surface area contributed by atoms with Crippen LogP contribution in [0, 0.1) is 0 Å². The molecule has 0 heterocycles. The zero-order valence-electron chi connectivity index (χ0n) is 12.6. The fourth-order valence-electron chi connectivity index (χ4n) is 2.15. The number of rotatable bonds is 7. The van der Waals surface area contributed by atoms with Gasteiger partial charge in [-0.2, -0.15) is 0 Å². The third-order valence-electron chi connectivity index (χ3n) is 3.10. The highest BCUT2D eigenvalue weighted by molar-refractivity contribution is 7.89. The maximum absolute atomic E-state index is 12.4. The molecule has 0 aromatic heterocycles. The number of halogens is 1. The minimum absolute atomic E-state index is 0. The Morgan fingerprint density at radius 3 is 2.36 bits per heavy atom. The van der Waals surface area contributed by atoms with Gasteiger partial charge in [0.05, 0.1) is 11.5 Å². The van der Waals surface area contributed by atoms with Crippen molar-refractivity contribution in [2.45, 2.75) is 11.8 Å². The number of nitrogens with one attached hydrogen (secondary N) is 2. The zero-order valence-corrected chi connectivity index (χ0v) is 14.3. The summed E-state index contributed by atoms with van der Waals surface area (Å²) >= 11 is 0. The molecule has 0 aliphatic carbocycles. The first kappa shape index (κ1) is 18.7. The van der Waals surface area contributed by atoms with E-state index >= 15 is 0 Å². The van der Waals surface area contributed by atoms with E-state index in [1.165, 1.54) is 0 Å². The van der Waals surface area contributed by atoms with Crippen molar-refractivity contribution in [1.82, 2.24) is 10.0 Å². The molecular weight excluding hydrogens is 324 g/mol. The minimum Gasteiger partial charge on any atom is -0.493 e. The van der Waals surface area contributed by atoms with Crippen molar-refractivity contribution in [3.05, 3.63) is 36.4 Å². The van der Waals surface area contributed by atoms with E-state index in [4.69, 9.17) is 4.74 Å². The van der Waals surface area contributed by atoms with Gasteiger partial charge in [-0.15, -0.1) is 12.4 Å². The highest BCUT2D eigenvalue weighted by Gasteiger charge is 2.18. The lowest BCUT2D eigenvalue weighted by atomic mass is 10.1. The molecule has 0 aliphatic rings. The molecule has 0 aliphatic heterocycles. The lowest BCUT2D eigenvalue weighted by Gasteiger charge is -2.12. The molecule has 0 radical (unpaired) electrons. The lowest BCUT2D eigenvalue weighted by Crippen LogP contribution is -2.30. The molecule has 2 rings (SSSR count). The van der Waals surface area contributed by atoms with Crippen molar-refractivity contribution in [3.63, 3.8) is 0 Å². The summed E-state index contributed by atoms with van der Waals surface area (Å²) < 4.78 is 33.0. The number of hydrogen-bond acceptors (Lipinski definition) is 4. The van der Waals surface area contributed by atoms with E-state index in [1.54, 1.807) is 25.2 Å². The molecule has 2 aromatic rings. The molecule has 22 heavy (non-hydrogen) atoms. The number of hydrogen-bond donors (Lipinski definition) is 2. The average molecular weight is 345 g/mol. The number of sulfonamides is 1. The number of ether oxygens (including phenoxy) is 1. The molecule has 0 amide bonds. The van der Waals surface area contributed by atoms with Crippen molar-refractivity contribution in [3.8, 4) is 5.75 Å². The predicted octanol–water partition coefficient (Wildman–Crippen LogP) is 2.16. The van der Waals surface area contributed by atoms with Crippen molar-refractivity contribution >= 4 is 33.2 Å². The van der Waals surface area contributed by atoms with Gasteiger partial charge in [-0.05, 0) is 26.1 Å².